The molecule has 0 N–H and O–H groups in total. The maximum atomic E-state index is 14.2. The minimum absolute atomic E-state index is 0.140. The number of nitrogens with zero attached hydrogens (tertiary/aromatic N) is 4. The summed E-state index contributed by atoms with van der Waals surface area (Å²) in [4.78, 5) is 18.9. The van der Waals surface area contributed by atoms with Crippen molar-refractivity contribution in [2.45, 2.75) is 33.2 Å². The number of carbonyl (C=O) groups is 1. The molecule has 0 saturated carbocycles. The molecule has 6 rings (SSSR count). The Labute approximate surface area is 256 Å². The first kappa shape index (κ1) is 28.0. The zero-order valence-corrected chi connectivity index (χ0v) is 26.1. The SMILES string of the molecule is CCN(CC)c1ccc2c(c1)Oc1cc(N(CC)CC)ccc1C21c2ccccc2C(=O)N1/N=C/c1ccc(Br)cc1. The number of halogens is 1. The topological polar surface area (TPSA) is 48.4 Å². The van der Waals surface area contributed by atoms with E-state index < -0.39 is 5.54 Å². The van der Waals surface area contributed by atoms with Crippen LogP contribution in [0.25, 0.3) is 0 Å². The van der Waals surface area contributed by atoms with E-state index in [2.05, 4.69) is 95.9 Å². The van der Waals surface area contributed by atoms with Gasteiger partial charge in [-0.3, -0.25) is 4.79 Å². The molecule has 0 aliphatic carbocycles. The van der Waals surface area contributed by atoms with Crippen LogP contribution in [0.3, 0.4) is 0 Å². The highest BCUT2D eigenvalue weighted by atomic mass is 79.9. The third kappa shape index (κ3) is 4.38. The maximum absolute atomic E-state index is 14.2. The van der Waals surface area contributed by atoms with Crippen LogP contribution >= 0.6 is 15.9 Å². The normalized spacial score (nSPS) is 14.5. The number of fused-ring (bicyclic) bond motifs is 6. The summed E-state index contributed by atoms with van der Waals surface area (Å²) in [6, 6.07) is 28.5. The number of benzene rings is 4. The number of ether oxygens (including phenoxy) is 1. The molecule has 0 atom stereocenters. The molecule has 4 aromatic rings. The third-order valence-electron chi connectivity index (χ3n) is 8.44. The van der Waals surface area contributed by atoms with Gasteiger partial charge in [0.2, 0.25) is 0 Å². The van der Waals surface area contributed by atoms with Gasteiger partial charge in [-0.2, -0.15) is 5.10 Å². The molecular formula is C35H35BrN4O2. The summed E-state index contributed by atoms with van der Waals surface area (Å²) in [5.41, 5.74) is 5.41. The molecule has 2 heterocycles. The first-order valence-corrected chi connectivity index (χ1v) is 15.5. The summed E-state index contributed by atoms with van der Waals surface area (Å²) in [6.45, 7) is 12.1. The molecule has 4 aromatic carbocycles. The second-order valence-corrected chi connectivity index (χ2v) is 11.4. The van der Waals surface area contributed by atoms with E-state index in [9.17, 15) is 4.79 Å². The Morgan fingerprint density at radius 2 is 1.31 bits per heavy atom. The second kappa shape index (κ2) is 11.3. The van der Waals surface area contributed by atoms with Crippen molar-refractivity contribution in [1.29, 1.82) is 0 Å². The number of hydrogen-bond acceptors (Lipinski definition) is 5. The summed E-state index contributed by atoms with van der Waals surface area (Å²) < 4.78 is 7.74. The van der Waals surface area contributed by atoms with Gasteiger partial charge in [-0.05, 0) is 63.6 Å². The predicted molar refractivity (Wildman–Crippen MR) is 174 cm³/mol. The van der Waals surface area contributed by atoms with Crippen LogP contribution in [0.1, 0.15) is 60.3 Å². The molecular weight excluding hydrogens is 588 g/mol. The summed E-state index contributed by atoms with van der Waals surface area (Å²) >= 11 is 3.51. The number of rotatable bonds is 8. The van der Waals surface area contributed by atoms with Crippen LogP contribution in [0, 0.1) is 0 Å². The lowest BCUT2D eigenvalue weighted by Gasteiger charge is -2.42. The number of carbonyl (C=O) groups excluding carboxylic acids is 1. The van der Waals surface area contributed by atoms with E-state index in [0.717, 1.165) is 75.8 Å². The molecule has 0 unspecified atom stereocenters. The molecule has 7 heteroatoms. The van der Waals surface area contributed by atoms with Gasteiger partial charge in [-0.1, -0.05) is 58.4 Å². The molecule has 0 radical (unpaired) electrons. The summed E-state index contributed by atoms with van der Waals surface area (Å²) in [6.07, 6.45) is 1.77. The van der Waals surface area contributed by atoms with Crippen LogP contribution in [0.4, 0.5) is 11.4 Å². The maximum Gasteiger partial charge on any atom is 0.275 e. The van der Waals surface area contributed by atoms with Crippen LogP contribution in [0.5, 0.6) is 11.5 Å². The number of hydrazone groups is 1. The van der Waals surface area contributed by atoms with Crippen LogP contribution in [-0.2, 0) is 5.54 Å². The lowest BCUT2D eigenvalue weighted by Crippen LogP contribution is -2.44. The fourth-order valence-electron chi connectivity index (χ4n) is 6.32. The number of anilines is 2. The average Bonchev–Trinajstić information content (AvgIpc) is 3.26. The van der Waals surface area contributed by atoms with E-state index in [-0.39, 0.29) is 5.91 Å². The van der Waals surface area contributed by atoms with E-state index in [4.69, 9.17) is 9.84 Å². The molecule has 0 bridgehead atoms. The zero-order chi connectivity index (χ0) is 29.4. The van der Waals surface area contributed by atoms with Crippen molar-refractivity contribution < 1.29 is 9.53 Å². The van der Waals surface area contributed by atoms with Gasteiger partial charge in [0.15, 0.2) is 0 Å². The summed E-state index contributed by atoms with van der Waals surface area (Å²) in [5, 5.41) is 6.60. The fourth-order valence-corrected chi connectivity index (χ4v) is 6.58. The minimum Gasteiger partial charge on any atom is -0.456 e. The average molecular weight is 624 g/mol. The molecule has 1 amide bonds. The van der Waals surface area contributed by atoms with Crippen molar-refractivity contribution in [3.8, 4) is 11.5 Å². The molecule has 214 valence electrons. The highest BCUT2D eigenvalue weighted by molar-refractivity contribution is 9.10. The van der Waals surface area contributed by atoms with Gasteiger partial charge in [0.05, 0.1) is 6.21 Å². The van der Waals surface area contributed by atoms with E-state index in [0.29, 0.717) is 5.56 Å². The second-order valence-electron chi connectivity index (χ2n) is 10.5. The Balaban J connectivity index is 1.63. The molecule has 6 nitrogen and oxygen atoms in total. The van der Waals surface area contributed by atoms with Gasteiger partial charge in [-0.25, -0.2) is 5.01 Å². The summed E-state index contributed by atoms with van der Waals surface area (Å²) in [7, 11) is 0. The van der Waals surface area contributed by atoms with Crippen LogP contribution in [0.15, 0.2) is 94.5 Å². The van der Waals surface area contributed by atoms with E-state index in [1.165, 1.54) is 0 Å². The van der Waals surface area contributed by atoms with Crippen molar-refractivity contribution in [2.75, 3.05) is 36.0 Å². The molecule has 0 fully saturated rings. The lowest BCUT2D eigenvalue weighted by molar-refractivity contribution is 0.0675. The quantitative estimate of drug-likeness (QED) is 0.187. The van der Waals surface area contributed by atoms with Crippen LogP contribution < -0.4 is 14.5 Å². The van der Waals surface area contributed by atoms with Crippen molar-refractivity contribution in [3.63, 3.8) is 0 Å². The Morgan fingerprint density at radius 1 is 0.762 bits per heavy atom. The number of hydrogen-bond donors (Lipinski definition) is 0. The lowest BCUT2D eigenvalue weighted by atomic mass is 9.75. The monoisotopic (exact) mass is 622 g/mol. The van der Waals surface area contributed by atoms with E-state index in [1.54, 1.807) is 11.2 Å². The fraction of sp³-hybridized carbons (Fsp3) is 0.257. The van der Waals surface area contributed by atoms with Crippen LogP contribution in [0.2, 0.25) is 0 Å². The van der Waals surface area contributed by atoms with Gasteiger partial charge in [-0.15, -0.1) is 0 Å². The minimum atomic E-state index is -0.994. The Hall–Kier alpha value is -4.10. The molecule has 0 aromatic heterocycles. The van der Waals surface area contributed by atoms with E-state index >= 15 is 0 Å². The van der Waals surface area contributed by atoms with Gasteiger partial charge in [0, 0.05) is 76.4 Å². The Morgan fingerprint density at radius 3 is 1.86 bits per heavy atom. The zero-order valence-electron chi connectivity index (χ0n) is 24.5. The Kier molecular flexibility index (Phi) is 7.54. The standard InChI is InChI=1S/C35H35BrN4O2/c1-5-38(6-2)26-17-19-30-32(21-26)42-33-22-27(39(7-3)8-4)18-20-31(33)35(30)29-12-10-9-11-28(29)34(41)40(35)37-23-24-13-15-25(36)16-14-24/h9-23H,5-8H2,1-4H3/b37-23+. The molecule has 42 heavy (non-hydrogen) atoms. The van der Waals surface area contributed by atoms with Crippen LogP contribution in [-0.4, -0.2) is 43.3 Å². The largest absolute Gasteiger partial charge is 0.456 e. The van der Waals surface area contributed by atoms with Crippen molar-refractivity contribution in [1.82, 2.24) is 5.01 Å². The first-order valence-electron chi connectivity index (χ1n) is 14.7. The number of amides is 1. The van der Waals surface area contributed by atoms with E-state index in [1.807, 2.05) is 42.5 Å². The Bertz CT molecular complexity index is 1600. The van der Waals surface area contributed by atoms with Crippen molar-refractivity contribution >= 4 is 39.4 Å². The van der Waals surface area contributed by atoms with Gasteiger partial charge in [0.25, 0.3) is 5.91 Å². The molecule has 0 saturated heterocycles. The van der Waals surface area contributed by atoms with Crippen molar-refractivity contribution in [2.24, 2.45) is 5.10 Å². The first-order chi connectivity index (χ1) is 20.5. The highest BCUT2D eigenvalue weighted by Crippen LogP contribution is 2.58. The predicted octanol–water partition coefficient (Wildman–Crippen LogP) is 8.03. The third-order valence-corrected chi connectivity index (χ3v) is 8.97. The van der Waals surface area contributed by atoms with Gasteiger partial charge in [0.1, 0.15) is 17.0 Å². The smallest absolute Gasteiger partial charge is 0.275 e. The molecule has 1 spiro atoms. The van der Waals surface area contributed by atoms with Gasteiger partial charge >= 0.3 is 0 Å². The highest BCUT2D eigenvalue weighted by Gasteiger charge is 2.57. The molecule has 2 aliphatic heterocycles. The summed E-state index contributed by atoms with van der Waals surface area (Å²) in [5.74, 6) is 1.33. The van der Waals surface area contributed by atoms with Crippen molar-refractivity contribution in [3.05, 3.63) is 117 Å². The van der Waals surface area contributed by atoms with Gasteiger partial charge < -0.3 is 14.5 Å². The molecule has 2 aliphatic rings.